The van der Waals surface area contributed by atoms with Crippen molar-refractivity contribution in [3.05, 3.63) is 35.9 Å². The zero-order valence-electron chi connectivity index (χ0n) is 14.0. The van der Waals surface area contributed by atoms with Gasteiger partial charge in [0.15, 0.2) is 0 Å². The van der Waals surface area contributed by atoms with Crippen LogP contribution < -0.4 is 0 Å². The van der Waals surface area contributed by atoms with Gasteiger partial charge in [-0.05, 0) is 45.1 Å². The van der Waals surface area contributed by atoms with Gasteiger partial charge in [0.25, 0.3) is 0 Å². The van der Waals surface area contributed by atoms with Crippen molar-refractivity contribution in [1.29, 1.82) is 0 Å². The lowest BCUT2D eigenvalue weighted by atomic mass is 9.57. The van der Waals surface area contributed by atoms with E-state index in [-0.39, 0.29) is 23.7 Å². The Morgan fingerprint density at radius 2 is 1.52 bits per heavy atom. The maximum atomic E-state index is 6.34. The summed E-state index contributed by atoms with van der Waals surface area (Å²) in [6.07, 6.45) is 3.65. The molecule has 0 amide bonds. The van der Waals surface area contributed by atoms with Crippen molar-refractivity contribution in [2.24, 2.45) is 0 Å². The first-order valence-corrected chi connectivity index (χ1v) is 8.17. The van der Waals surface area contributed by atoms with Crippen molar-refractivity contribution in [2.45, 2.75) is 76.3 Å². The molecule has 1 aliphatic heterocycles. The lowest BCUT2D eigenvalue weighted by Crippen LogP contribution is -2.41. The second-order valence-corrected chi connectivity index (χ2v) is 7.91. The standard InChI is InChI=1S/C18H27BO2/c1-16(2)17(3,4)21-19(20-16)15-12-9-13-18(15,5)14-10-7-6-8-11-14/h6-8,10-11,15H,9,12-13H2,1-5H3/t15-,18-/m0/s1. The Labute approximate surface area is 129 Å². The molecule has 2 aliphatic rings. The van der Waals surface area contributed by atoms with Crippen molar-refractivity contribution < 1.29 is 9.31 Å². The second kappa shape index (κ2) is 4.86. The Bertz CT molecular complexity index is 495. The summed E-state index contributed by atoms with van der Waals surface area (Å²) in [4.78, 5) is 0. The zero-order valence-corrected chi connectivity index (χ0v) is 14.0. The molecule has 0 unspecified atom stereocenters. The van der Waals surface area contributed by atoms with E-state index in [9.17, 15) is 0 Å². The number of rotatable bonds is 2. The largest absolute Gasteiger partial charge is 0.462 e. The van der Waals surface area contributed by atoms with Crippen LogP contribution in [0.4, 0.5) is 0 Å². The van der Waals surface area contributed by atoms with Crippen molar-refractivity contribution in [2.75, 3.05) is 0 Å². The van der Waals surface area contributed by atoms with Crippen LogP contribution in [0.1, 0.15) is 59.4 Å². The maximum absolute atomic E-state index is 6.34. The molecule has 1 aromatic rings. The lowest BCUT2D eigenvalue weighted by Gasteiger charge is -2.33. The zero-order chi connectivity index (χ0) is 15.3. The van der Waals surface area contributed by atoms with Crippen LogP contribution in [-0.4, -0.2) is 18.3 Å². The minimum Gasteiger partial charge on any atom is -0.403 e. The van der Waals surface area contributed by atoms with Gasteiger partial charge in [0.05, 0.1) is 11.2 Å². The van der Waals surface area contributed by atoms with Gasteiger partial charge < -0.3 is 9.31 Å². The van der Waals surface area contributed by atoms with Gasteiger partial charge in [-0.2, -0.15) is 0 Å². The molecule has 1 saturated carbocycles. The molecule has 1 aromatic carbocycles. The molecule has 1 heterocycles. The normalized spacial score (nSPS) is 34.3. The number of hydrogen-bond donors (Lipinski definition) is 0. The van der Waals surface area contributed by atoms with Crippen LogP contribution in [0, 0.1) is 0 Å². The van der Waals surface area contributed by atoms with E-state index < -0.39 is 0 Å². The summed E-state index contributed by atoms with van der Waals surface area (Å²) in [5.41, 5.74) is 1.10. The third-order valence-corrected chi connectivity index (χ3v) is 6.06. The third kappa shape index (κ3) is 2.35. The van der Waals surface area contributed by atoms with Crippen molar-refractivity contribution in [3.8, 4) is 0 Å². The van der Waals surface area contributed by atoms with Crippen LogP contribution in [0.5, 0.6) is 0 Å². The lowest BCUT2D eigenvalue weighted by molar-refractivity contribution is 0.00578. The van der Waals surface area contributed by atoms with Gasteiger partial charge in [-0.1, -0.05) is 50.1 Å². The molecule has 3 rings (SSSR count). The van der Waals surface area contributed by atoms with Crippen LogP contribution in [0.3, 0.4) is 0 Å². The molecule has 2 fully saturated rings. The van der Waals surface area contributed by atoms with E-state index in [1.54, 1.807) is 0 Å². The van der Waals surface area contributed by atoms with E-state index in [4.69, 9.17) is 9.31 Å². The minimum absolute atomic E-state index is 0.0947. The molecular weight excluding hydrogens is 259 g/mol. The van der Waals surface area contributed by atoms with Crippen LogP contribution >= 0.6 is 0 Å². The minimum atomic E-state index is -0.238. The van der Waals surface area contributed by atoms with Crippen molar-refractivity contribution >= 4 is 7.12 Å². The molecule has 2 nitrogen and oxygen atoms in total. The monoisotopic (exact) mass is 286 g/mol. The van der Waals surface area contributed by atoms with Gasteiger partial charge in [-0.25, -0.2) is 0 Å². The van der Waals surface area contributed by atoms with Crippen molar-refractivity contribution in [1.82, 2.24) is 0 Å². The highest BCUT2D eigenvalue weighted by Gasteiger charge is 2.58. The molecule has 0 aromatic heterocycles. The van der Waals surface area contributed by atoms with Gasteiger partial charge in [-0.3, -0.25) is 0 Å². The first-order chi connectivity index (χ1) is 9.76. The first kappa shape index (κ1) is 15.1. The summed E-state index contributed by atoms with van der Waals surface area (Å²) in [5, 5.41) is 0. The first-order valence-electron chi connectivity index (χ1n) is 8.17. The van der Waals surface area contributed by atoms with E-state index in [1.807, 2.05) is 0 Å². The Morgan fingerprint density at radius 3 is 2.10 bits per heavy atom. The molecule has 0 spiro atoms. The highest BCUT2D eigenvalue weighted by molar-refractivity contribution is 6.48. The van der Waals surface area contributed by atoms with Crippen LogP contribution in [0.25, 0.3) is 0 Å². The van der Waals surface area contributed by atoms with E-state index in [0.29, 0.717) is 5.82 Å². The average Bonchev–Trinajstić information content (AvgIpc) is 2.90. The van der Waals surface area contributed by atoms with Gasteiger partial charge in [0.1, 0.15) is 0 Å². The quantitative estimate of drug-likeness (QED) is 0.740. The van der Waals surface area contributed by atoms with Gasteiger partial charge in [0.2, 0.25) is 0 Å². The molecule has 21 heavy (non-hydrogen) atoms. The second-order valence-electron chi connectivity index (χ2n) is 7.91. The van der Waals surface area contributed by atoms with Gasteiger partial charge >= 0.3 is 7.12 Å². The van der Waals surface area contributed by atoms with E-state index >= 15 is 0 Å². The molecular formula is C18H27BO2. The Balaban J connectivity index is 1.89. The third-order valence-electron chi connectivity index (χ3n) is 6.06. The summed E-state index contributed by atoms with van der Waals surface area (Å²) in [6.45, 7) is 10.9. The molecule has 114 valence electrons. The molecule has 2 atom stereocenters. The van der Waals surface area contributed by atoms with Crippen molar-refractivity contribution in [3.63, 3.8) is 0 Å². The van der Waals surface area contributed by atoms with Gasteiger partial charge in [0, 0.05) is 5.82 Å². The summed E-state index contributed by atoms with van der Waals surface area (Å²) in [6, 6.07) is 10.9. The molecule has 0 N–H and O–H groups in total. The molecule has 0 bridgehead atoms. The predicted molar refractivity (Wildman–Crippen MR) is 87.5 cm³/mol. The molecule has 1 saturated heterocycles. The topological polar surface area (TPSA) is 18.5 Å². The van der Waals surface area contributed by atoms with Crippen LogP contribution in [0.2, 0.25) is 5.82 Å². The fraction of sp³-hybridized carbons (Fsp3) is 0.667. The van der Waals surface area contributed by atoms with Gasteiger partial charge in [-0.15, -0.1) is 0 Å². The Morgan fingerprint density at radius 1 is 0.952 bits per heavy atom. The average molecular weight is 286 g/mol. The molecule has 3 heteroatoms. The summed E-state index contributed by atoms with van der Waals surface area (Å²) in [7, 11) is -0.0947. The summed E-state index contributed by atoms with van der Waals surface area (Å²) >= 11 is 0. The van der Waals surface area contributed by atoms with Crippen LogP contribution in [-0.2, 0) is 14.7 Å². The summed E-state index contributed by atoms with van der Waals surface area (Å²) < 4.78 is 12.7. The smallest absolute Gasteiger partial charge is 0.403 e. The van der Waals surface area contributed by atoms with E-state index in [1.165, 1.54) is 24.8 Å². The maximum Gasteiger partial charge on any atom is 0.462 e. The summed E-state index contributed by atoms with van der Waals surface area (Å²) in [5.74, 6) is 0.431. The highest BCUT2D eigenvalue weighted by Crippen LogP contribution is 2.54. The predicted octanol–water partition coefficient (Wildman–Crippen LogP) is 4.59. The Hall–Kier alpha value is -0.795. The number of hydrogen-bond acceptors (Lipinski definition) is 2. The molecule has 1 aliphatic carbocycles. The van der Waals surface area contributed by atoms with E-state index in [0.717, 1.165) is 0 Å². The Kier molecular flexibility index (Phi) is 3.49. The van der Waals surface area contributed by atoms with Crippen LogP contribution in [0.15, 0.2) is 30.3 Å². The SMILES string of the molecule is CC1(C)OB([C@H]2CCC[C@@]2(C)c2ccccc2)OC1(C)C. The van der Waals surface area contributed by atoms with E-state index in [2.05, 4.69) is 65.0 Å². The fourth-order valence-corrected chi connectivity index (χ4v) is 3.86. The number of benzene rings is 1. The fourth-order valence-electron chi connectivity index (χ4n) is 3.86. The molecule has 0 radical (unpaired) electrons. The highest BCUT2D eigenvalue weighted by atomic mass is 16.7.